The highest BCUT2D eigenvalue weighted by Crippen LogP contribution is 2.43. The molecule has 0 spiro atoms. The SMILES string of the molecule is O=C(O)C1CC2CCCCC2N1S(=O)(=O)CC1CC1. The van der Waals surface area contributed by atoms with E-state index in [1.807, 2.05) is 0 Å². The van der Waals surface area contributed by atoms with E-state index in [9.17, 15) is 18.3 Å². The number of carboxylic acids is 1. The van der Waals surface area contributed by atoms with Crippen molar-refractivity contribution in [2.45, 2.75) is 57.0 Å². The second-order valence-corrected chi connectivity index (χ2v) is 8.17. The number of aliphatic carboxylic acids is 1. The van der Waals surface area contributed by atoms with Crippen LogP contribution in [0.25, 0.3) is 0 Å². The van der Waals surface area contributed by atoms with Crippen molar-refractivity contribution < 1.29 is 18.3 Å². The summed E-state index contributed by atoms with van der Waals surface area (Å²) in [6, 6.07) is -0.879. The summed E-state index contributed by atoms with van der Waals surface area (Å²) in [7, 11) is -3.41. The van der Waals surface area contributed by atoms with Gasteiger partial charge in [-0.05, 0) is 43.9 Å². The first-order valence-electron chi connectivity index (χ1n) is 7.23. The third-order valence-corrected chi connectivity index (χ3v) is 6.84. The van der Waals surface area contributed by atoms with Crippen LogP contribution in [0.4, 0.5) is 0 Å². The van der Waals surface area contributed by atoms with Crippen molar-refractivity contribution in [1.29, 1.82) is 0 Å². The van der Waals surface area contributed by atoms with E-state index in [1.54, 1.807) is 0 Å². The fourth-order valence-corrected chi connectivity index (χ4v) is 6.05. The van der Waals surface area contributed by atoms with Crippen molar-refractivity contribution in [3.63, 3.8) is 0 Å². The summed E-state index contributed by atoms with van der Waals surface area (Å²) in [6.07, 6.45) is 6.37. The Morgan fingerprint density at radius 2 is 1.84 bits per heavy atom. The predicted octanol–water partition coefficient (Wildman–Crippen LogP) is 1.44. The van der Waals surface area contributed by atoms with Gasteiger partial charge in [0, 0.05) is 6.04 Å². The molecule has 0 amide bonds. The lowest BCUT2D eigenvalue weighted by atomic mass is 9.85. The highest BCUT2D eigenvalue weighted by Gasteiger charge is 2.51. The van der Waals surface area contributed by atoms with Gasteiger partial charge >= 0.3 is 5.97 Å². The van der Waals surface area contributed by atoms with Gasteiger partial charge in [-0.2, -0.15) is 4.31 Å². The van der Waals surface area contributed by atoms with Gasteiger partial charge in [-0.15, -0.1) is 0 Å². The Kier molecular flexibility index (Phi) is 3.33. The number of fused-ring (bicyclic) bond motifs is 1. The topological polar surface area (TPSA) is 74.7 Å². The zero-order valence-electron chi connectivity index (χ0n) is 11.0. The third-order valence-electron chi connectivity index (χ3n) is 4.78. The van der Waals surface area contributed by atoms with Crippen LogP contribution in [0.1, 0.15) is 44.9 Å². The lowest BCUT2D eigenvalue weighted by Crippen LogP contribution is -2.47. The number of nitrogens with zero attached hydrogens (tertiary/aromatic N) is 1. The van der Waals surface area contributed by atoms with Crippen molar-refractivity contribution in [3.05, 3.63) is 0 Å². The molecule has 3 atom stereocenters. The van der Waals surface area contributed by atoms with Crippen LogP contribution in [0, 0.1) is 11.8 Å². The molecule has 2 aliphatic carbocycles. The van der Waals surface area contributed by atoms with Crippen LogP contribution in [0.15, 0.2) is 0 Å². The van der Waals surface area contributed by atoms with Gasteiger partial charge in [-0.3, -0.25) is 4.79 Å². The van der Waals surface area contributed by atoms with Crippen LogP contribution < -0.4 is 0 Å². The van der Waals surface area contributed by atoms with E-state index >= 15 is 0 Å². The Hall–Kier alpha value is -0.620. The van der Waals surface area contributed by atoms with Gasteiger partial charge in [-0.1, -0.05) is 12.8 Å². The molecule has 0 aromatic heterocycles. The highest BCUT2D eigenvalue weighted by atomic mass is 32.2. The molecule has 1 N–H and O–H groups in total. The largest absolute Gasteiger partial charge is 0.480 e. The Bertz CT molecular complexity index is 471. The first kappa shape index (κ1) is 13.4. The maximum absolute atomic E-state index is 12.5. The number of carbonyl (C=O) groups is 1. The Labute approximate surface area is 114 Å². The molecular weight excluding hydrogens is 266 g/mol. The molecule has 0 bridgehead atoms. The van der Waals surface area contributed by atoms with Crippen LogP contribution in [0.5, 0.6) is 0 Å². The molecule has 0 aromatic carbocycles. The summed E-state index contributed by atoms with van der Waals surface area (Å²) in [4.78, 5) is 11.4. The molecule has 1 heterocycles. The lowest BCUT2D eigenvalue weighted by Gasteiger charge is -2.32. The van der Waals surface area contributed by atoms with Crippen molar-refractivity contribution in [3.8, 4) is 0 Å². The van der Waals surface area contributed by atoms with Gasteiger partial charge in [-0.25, -0.2) is 8.42 Å². The summed E-state index contributed by atoms with van der Waals surface area (Å²) < 4.78 is 26.4. The fourth-order valence-electron chi connectivity index (χ4n) is 3.70. The molecule has 3 aliphatic rings. The molecule has 5 nitrogen and oxygen atoms in total. The van der Waals surface area contributed by atoms with Gasteiger partial charge in [0.1, 0.15) is 6.04 Å². The standard InChI is InChI=1S/C13H21NO4S/c15-13(16)12-7-10-3-1-2-4-11(10)14(12)19(17,18)8-9-5-6-9/h9-12H,1-8H2,(H,15,16). The molecule has 3 unspecified atom stereocenters. The molecule has 19 heavy (non-hydrogen) atoms. The molecule has 2 saturated carbocycles. The van der Waals surface area contributed by atoms with Gasteiger partial charge in [0.2, 0.25) is 10.0 Å². The van der Waals surface area contributed by atoms with E-state index in [2.05, 4.69) is 0 Å². The van der Waals surface area contributed by atoms with Crippen LogP contribution in [-0.2, 0) is 14.8 Å². The fraction of sp³-hybridized carbons (Fsp3) is 0.923. The van der Waals surface area contributed by atoms with Gasteiger partial charge in [0.15, 0.2) is 0 Å². The van der Waals surface area contributed by atoms with E-state index in [1.165, 1.54) is 4.31 Å². The van der Waals surface area contributed by atoms with Gasteiger partial charge in [0.25, 0.3) is 0 Å². The molecule has 3 rings (SSSR count). The molecule has 108 valence electrons. The summed E-state index contributed by atoms with van der Waals surface area (Å²) in [5.74, 6) is -0.306. The monoisotopic (exact) mass is 287 g/mol. The molecule has 6 heteroatoms. The molecule has 1 saturated heterocycles. The van der Waals surface area contributed by atoms with Gasteiger partial charge in [0.05, 0.1) is 5.75 Å². The van der Waals surface area contributed by atoms with Crippen LogP contribution in [0.3, 0.4) is 0 Å². The van der Waals surface area contributed by atoms with Crippen LogP contribution in [0.2, 0.25) is 0 Å². The first-order valence-corrected chi connectivity index (χ1v) is 8.84. The second kappa shape index (κ2) is 4.74. The second-order valence-electron chi connectivity index (χ2n) is 6.25. The minimum atomic E-state index is -3.41. The smallest absolute Gasteiger partial charge is 0.322 e. The Balaban J connectivity index is 1.87. The third kappa shape index (κ3) is 2.52. The molecule has 1 aliphatic heterocycles. The highest BCUT2D eigenvalue weighted by molar-refractivity contribution is 7.89. The predicted molar refractivity (Wildman–Crippen MR) is 70.1 cm³/mol. The van der Waals surface area contributed by atoms with Crippen LogP contribution in [-0.4, -0.2) is 41.6 Å². The van der Waals surface area contributed by atoms with E-state index in [-0.39, 0.29) is 23.6 Å². The van der Waals surface area contributed by atoms with Crippen molar-refractivity contribution in [2.75, 3.05) is 5.75 Å². The number of rotatable bonds is 4. The zero-order valence-corrected chi connectivity index (χ0v) is 11.8. The van der Waals surface area contributed by atoms with E-state index in [4.69, 9.17) is 0 Å². The maximum Gasteiger partial charge on any atom is 0.322 e. The summed E-state index contributed by atoms with van der Waals surface area (Å²) in [6.45, 7) is 0. The number of hydrogen-bond donors (Lipinski definition) is 1. The van der Waals surface area contributed by atoms with E-state index in [0.29, 0.717) is 6.42 Å². The lowest BCUT2D eigenvalue weighted by molar-refractivity contribution is -0.141. The first-order chi connectivity index (χ1) is 8.99. The summed E-state index contributed by atoms with van der Waals surface area (Å²) in [5.41, 5.74) is 0. The number of hydrogen-bond acceptors (Lipinski definition) is 3. The van der Waals surface area contributed by atoms with Crippen molar-refractivity contribution in [2.24, 2.45) is 11.8 Å². The molecular formula is C13H21NO4S. The maximum atomic E-state index is 12.5. The Morgan fingerprint density at radius 3 is 2.47 bits per heavy atom. The average Bonchev–Trinajstić information content (AvgIpc) is 3.04. The number of carboxylic acid groups (broad SMARTS) is 1. The van der Waals surface area contributed by atoms with E-state index in [0.717, 1.165) is 38.5 Å². The average molecular weight is 287 g/mol. The minimum Gasteiger partial charge on any atom is -0.480 e. The normalized spacial score (nSPS) is 36.1. The zero-order chi connectivity index (χ0) is 13.6. The van der Waals surface area contributed by atoms with E-state index < -0.39 is 22.0 Å². The summed E-state index contributed by atoms with van der Waals surface area (Å²) in [5, 5.41) is 9.34. The minimum absolute atomic E-state index is 0.0569. The summed E-state index contributed by atoms with van der Waals surface area (Å²) >= 11 is 0. The van der Waals surface area contributed by atoms with Crippen molar-refractivity contribution >= 4 is 16.0 Å². The Morgan fingerprint density at radius 1 is 1.16 bits per heavy atom. The van der Waals surface area contributed by atoms with Gasteiger partial charge < -0.3 is 5.11 Å². The van der Waals surface area contributed by atoms with Crippen molar-refractivity contribution in [1.82, 2.24) is 4.31 Å². The molecule has 0 aromatic rings. The van der Waals surface area contributed by atoms with Crippen LogP contribution >= 0.6 is 0 Å². The molecule has 0 radical (unpaired) electrons. The number of sulfonamides is 1. The quantitative estimate of drug-likeness (QED) is 0.849. The molecule has 3 fully saturated rings.